The number of methoxy groups -OCH3 is 1. The molecule has 2 aromatic heterocycles. The van der Waals surface area contributed by atoms with Gasteiger partial charge < -0.3 is 19.2 Å². The number of carbonyl (C=O) groups is 1. The quantitative estimate of drug-likeness (QED) is 0.601. The number of benzene rings is 1. The largest absolute Gasteiger partial charge is 0.494 e. The number of fused-ring (bicyclic) bond motifs is 1. The predicted octanol–water partition coefficient (Wildman–Crippen LogP) is 2.86. The Kier molecular flexibility index (Phi) is 6.09. The molecule has 0 saturated heterocycles. The Bertz CT molecular complexity index is 846. The van der Waals surface area contributed by atoms with Gasteiger partial charge in [-0.15, -0.1) is 0 Å². The lowest BCUT2D eigenvalue weighted by atomic mass is 10.3. The number of aromatic nitrogens is 2. The third-order valence-corrected chi connectivity index (χ3v) is 3.98. The van der Waals surface area contributed by atoms with Crippen molar-refractivity contribution in [3.05, 3.63) is 60.6 Å². The van der Waals surface area contributed by atoms with E-state index in [1.165, 1.54) is 0 Å². The molecule has 0 atom stereocenters. The van der Waals surface area contributed by atoms with Gasteiger partial charge in [-0.2, -0.15) is 0 Å². The van der Waals surface area contributed by atoms with Crippen LogP contribution < -0.4 is 14.8 Å². The van der Waals surface area contributed by atoms with Crippen LogP contribution in [-0.4, -0.2) is 35.6 Å². The fourth-order valence-corrected chi connectivity index (χ4v) is 2.68. The highest BCUT2D eigenvalue weighted by molar-refractivity contribution is 5.75. The summed E-state index contributed by atoms with van der Waals surface area (Å²) in [7, 11) is 1.63. The summed E-state index contributed by atoms with van der Waals surface area (Å²) in [4.78, 5) is 16.5. The maximum atomic E-state index is 11.9. The second-order valence-electron chi connectivity index (χ2n) is 5.90. The van der Waals surface area contributed by atoms with E-state index in [2.05, 4.69) is 10.3 Å². The fourth-order valence-electron chi connectivity index (χ4n) is 2.68. The number of amides is 1. The van der Waals surface area contributed by atoms with Gasteiger partial charge >= 0.3 is 0 Å². The monoisotopic (exact) mass is 353 g/mol. The minimum Gasteiger partial charge on any atom is -0.494 e. The van der Waals surface area contributed by atoms with Crippen LogP contribution in [0.1, 0.15) is 18.5 Å². The Morgan fingerprint density at radius 1 is 1.19 bits per heavy atom. The lowest BCUT2D eigenvalue weighted by Gasteiger charge is -2.06. The van der Waals surface area contributed by atoms with Gasteiger partial charge in [0.25, 0.3) is 0 Å². The fraction of sp³-hybridized carbons (Fsp3) is 0.300. The Balaban J connectivity index is 1.37. The average Bonchev–Trinajstić information content (AvgIpc) is 3.09. The summed E-state index contributed by atoms with van der Waals surface area (Å²) >= 11 is 0. The molecule has 0 bridgehead atoms. The summed E-state index contributed by atoms with van der Waals surface area (Å²) in [6, 6.07) is 13.4. The molecule has 0 fully saturated rings. The van der Waals surface area contributed by atoms with Crippen molar-refractivity contribution in [2.24, 2.45) is 0 Å². The minimum atomic E-state index is 0.0306. The van der Waals surface area contributed by atoms with Crippen molar-refractivity contribution in [3.63, 3.8) is 0 Å². The Morgan fingerprint density at radius 2 is 2.04 bits per heavy atom. The van der Waals surface area contributed by atoms with E-state index < -0.39 is 0 Å². The van der Waals surface area contributed by atoms with E-state index >= 15 is 0 Å². The molecule has 6 heteroatoms. The first-order valence-corrected chi connectivity index (χ1v) is 8.71. The van der Waals surface area contributed by atoms with Crippen LogP contribution in [0.4, 0.5) is 0 Å². The van der Waals surface area contributed by atoms with E-state index in [-0.39, 0.29) is 5.91 Å². The number of para-hydroxylation sites is 1. The van der Waals surface area contributed by atoms with Crippen molar-refractivity contribution in [2.45, 2.75) is 19.3 Å². The normalized spacial score (nSPS) is 10.7. The van der Waals surface area contributed by atoms with Crippen LogP contribution in [0.3, 0.4) is 0 Å². The first-order valence-electron chi connectivity index (χ1n) is 8.71. The Labute approximate surface area is 152 Å². The van der Waals surface area contributed by atoms with E-state index in [9.17, 15) is 4.79 Å². The minimum absolute atomic E-state index is 0.0306. The van der Waals surface area contributed by atoms with Gasteiger partial charge in [-0.25, -0.2) is 4.98 Å². The molecule has 0 radical (unpaired) electrons. The van der Waals surface area contributed by atoms with E-state index in [4.69, 9.17) is 9.47 Å². The first kappa shape index (κ1) is 17.8. The highest BCUT2D eigenvalue weighted by Crippen LogP contribution is 2.18. The number of hydrogen-bond donors (Lipinski definition) is 1. The molecule has 26 heavy (non-hydrogen) atoms. The van der Waals surface area contributed by atoms with Crippen LogP contribution in [0.15, 0.2) is 54.9 Å². The number of carbonyl (C=O) groups excluding carboxylic acids is 1. The second kappa shape index (κ2) is 8.89. The molecular weight excluding hydrogens is 330 g/mol. The second-order valence-corrected chi connectivity index (χ2v) is 5.90. The molecule has 3 aromatic rings. The van der Waals surface area contributed by atoms with Crippen LogP contribution in [0.25, 0.3) is 5.65 Å². The lowest BCUT2D eigenvalue weighted by Crippen LogP contribution is -2.25. The van der Waals surface area contributed by atoms with Gasteiger partial charge in [0, 0.05) is 31.8 Å². The third kappa shape index (κ3) is 4.75. The molecule has 136 valence electrons. The van der Waals surface area contributed by atoms with Crippen LogP contribution in [-0.2, 0) is 11.2 Å². The highest BCUT2D eigenvalue weighted by Gasteiger charge is 2.07. The zero-order valence-electron chi connectivity index (χ0n) is 14.9. The maximum Gasteiger partial charge on any atom is 0.220 e. The number of nitrogens with zero attached hydrogens (tertiary/aromatic N) is 2. The van der Waals surface area contributed by atoms with Crippen LogP contribution >= 0.6 is 0 Å². The summed E-state index contributed by atoms with van der Waals surface area (Å²) in [5.74, 6) is 1.60. The number of imidazole rings is 1. The highest BCUT2D eigenvalue weighted by atomic mass is 16.5. The number of hydrogen-bond acceptors (Lipinski definition) is 4. The molecule has 6 nitrogen and oxygen atoms in total. The number of nitrogens with one attached hydrogen (secondary N) is 1. The van der Waals surface area contributed by atoms with Crippen molar-refractivity contribution >= 4 is 11.6 Å². The molecule has 0 spiro atoms. The van der Waals surface area contributed by atoms with Crippen molar-refractivity contribution in [1.82, 2.24) is 14.7 Å². The van der Waals surface area contributed by atoms with E-state index in [1.807, 2.05) is 59.3 Å². The van der Waals surface area contributed by atoms with Crippen molar-refractivity contribution < 1.29 is 14.3 Å². The molecule has 1 amide bonds. The van der Waals surface area contributed by atoms with Gasteiger partial charge in [0.15, 0.2) is 11.4 Å². The van der Waals surface area contributed by atoms with Gasteiger partial charge in [0.05, 0.1) is 19.4 Å². The van der Waals surface area contributed by atoms with Crippen LogP contribution in [0.5, 0.6) is 11.5 Å². The number of ether oxygens (including phenoxy) is 2. The molecule has 0 aliphatic heterocycles. The number of pyridine rings is 1. The van der Waals surface area contributed by atoms with Crippen molar-refractivity contribution in [1.29, 1.82) is 0 Å². The molecule has 1 aromatic carbocycles. The van der Waals surface area contributed by atoms with Crippen molar-refractivity contribution in [3.8, 4) is 11.5 Å². The molecule has 2 heterocycles. The smallest absolute Gasteiger partial charge is 0.220 e. The standard InChI is InChI=1S/C20H23N3O3/c1-25-18-9-5-13-23-15-16(22-20(18)23)11-12-21-19(24)10-6-14-26-17-7-3-2-4-8-17/h2-5,7-9,13,15H,6,10-12,14H2,1H3,(H,21,24). The van der Waals surface area contributed by atoms with E-state index in [0.29, 0.717) is 32.4 Å². The van der Waals surface area contributed by atoms with Crippen LogP contribution in [0.2, 0.25) is 0 Å². The Hall–Kier alpha value is -3.02. The van der Waals surface area contributed by atoms with E-state index in [0.717, 1.165) is 22.8 Å². The SMILES string of the molecule is COc1cccn2cc(CCNC(=O)CCCOc3ccccc3)nc12. The van der Waals surface area contributed by atoms with Gasteiger partial charge in [0.2, 0.25) is 5.91 Å². The topological polar surface area (TPSA) is 64.9 Å². The zero-order chi connectivity index (χ0) is 18.2. The van der Waals surface area contributed by atoms with Crippen molar-refractivity contribution in [2.75, 3.05) is 20.3 Å². The van der Waals surface area contributed by atoms with Crippen LogP contribution in [0, 0.1) is 0 Å². The summed E-state index contributed by atoms with van der Waals surface area (Å²) in [5, 5.41) is 2.93. The molecule has 0 unspecified atom stereocenters. The summed E-state index contributed by atoms with van der Waals surface area (Å²) < 4.78 is 12.8. The maximum absolute atomic E-state index is 11.9. The number of rotatable bonds is 9. The van der Waals surface area contributed by atoms with Gasteiger partial charge in [0.1, 0.15) is 5.75 Å². The summed E-state index contributed by atoms with van der Waals surface area (Å²) in [6.45, 7) is 1.09. The van der Waals surface area contributed by atoms with Gasteiger partial charge in [-0.1, -0.05) is 18.2 Å². The van der Waals surface area contributed by atoms with Gasteiger partial charge in [-0.3, -0.25) is 4.79 Å². The molecule has 1 N–H and O–H groups in total. The lowest BCUT2D eigenvalue weighted by molar-refractivity contribution is -0.121. The molecule has 3 rings (SSSR count). The average molecular weight is 353 g/mol. The first-order chi connectivity index (χ1) is 12.8. The molecule has 0 aliphatic rings. The van der Waals surface area contributed by atoms with Gasteiger partial charge in [-0.05, 0) is 30.7 Å². The summed E-state index contributed by atoms with van der Waals surface area (Å²) in [5.41, 5.74) is 1.71. The Morgan fingerprint density at radius 3 is 2.85 bits per heavy atom. The summed E-state index contributed by atoms with van der Waals surface area (Å²) in [6.07, 6.45) is 5.70. The molecular formula is C20H23N3O3. The molecule has 0 saturated carbocycles. The predicted molar refractivity (Wildman–Crippen MR) is 99.6 cm³/mol. The third-order valence-electron chi connectivity index (χ3n) is 3.98. The zero-order valence-corrected chi connectivity index (χ0v) is 14.9. The molecule has 0 aliphatic carbocycles. The van der Waals surface area contributed by atoms with E-state index in [1.54, 1.807) is 7.11 Å².